The molecule has 1 heterocycles. The zero-order valence-corrected chi connectivity index (χ0v) is 13.5. The van der Waals surface area contributed by atoms with Gasteiger partial charge in [0, 0.05) is 37.7 Å². The van der Waals surface area contributed by atoms with Gasteiger partial charge in [0.2, 0.25) is 0 Å². The van der Waals surface area contributed by atoms with Crippen LogP contribution in [-0.4, -0.2) is 40.8 Å². The minimum Gasteiger partial charge on any atom is -0.396 e. The first kappa shape index (κ1) is 16.0. The SMILES string of the molecule is CCNc1cc(N(CCCO)C2CCC2)nc(C(C)C)n1. The van der Waals surface area contributed by atoms with E-state index in [0.717, 1.165) is 37.0 Å². The smallest absolute Gasteiger partial charge is 0.135 e. The number of nitrogens with zero attached hydrogens (tertiary/aromatic N) is 3. The van der Waals surface area contributed by atoms with Crippen LogP contribution < -0.4 is 10.2 Å². The fourth-order valence-electron chi connectivity index (χ4n) is 2.55. The molecule has 1 aromatic heterocycles. The molecular weight excluding hydrogens is 264 g/mol. The average molecular weight is 292 g/mol. The summed E-state index contributed by atoms with van der Waals surface area (Å²) < 4.78 is 0. The highest BCUT2D eigenvalue weighted by Gasteiger charge is 2.26. The van der Waals surface area contributed by atoms with E-state index in [4.69, 9.17) is 10.1 Å². The lowest BCUT2D eigenvalue weighted by Gasteiger charge is -2.38. The maximum atomic E-state index is 9.14. The number of anilines is 2. The van der Waals surface area contributed by atoms with E-state index < -0.39 is 0 Å². The molecular formula is C16H28N4O. The maximum Gasteiger partial charge on any atom is 0.135 e. The van der Waals surface area contributed by atoms with Gasteiger partial charge in [-0.2, -0.15) is 0 Å². The molecule has 0 unspecified atom stereocenters. The second kappa shape index (κ2) is 7.59. The standard InChI is InChI=1S/C16H28N4O/c1-4-17-14-11-15(19-16(18-14)12(2)3)20(9-6-10-21)13-7-5-8-13/h11-13,21H,4-10H2,1-3H3,(H,17,18,19). The summed E-state index contributed by atoms with van der Waals surface area (Å²) >= 11 is 0. The van der Waals surface area contributed by atoms with Crippen molar-refractivity contribution < 1.29 is 5.11 Å². The second-order valence-corrected chi connectivity index (χ2v) is 6.01. The van der Waals surface area contributed by atoms with Gasteiger partial charge < -0.3 is 15.3 Å². The molecule has 118 valence electrons. The van der Waals surface area contributed by atoms with E-state index in [0.29, 0.717) is 12.0 Å². The molecule has 5 nitrogen and oxygen atoms in total. The number of hydrogen-bond donors (Lipinski definition) is 2. The normalized spacial score (nSPS) is 15.1. The van der Waals surface area contributed by atoms with Gasteiger partial charge in [0.25, 0.3) is 0 Å². The molecule has 0 spiro atoms. The van der Waals surface area contributed by atoms with E-state index in [9.17, 15) is 0 Å². The first-order valence-corrected chi connectivity index (χ1v) is 8.16. The summed E-state index contributed by atoms with van der Waals surface area (Å²) in [5, 5.41) is 12.4. The summed E-state index contributed by atoms with van der Waals surface area (Å²) in [5.74, 6) is 3.10. The minimum absolute atomic E-state index is 0.228. The molecule has 2 N–H and O–H groups in total. The molecule has 21 heavy (non-hydrogen) atoms. The van der Waals surface area contributed by atoms with Gasteiger partial charge in [0.05, 0.1) is 0 Å². The van der Waals surface area contributed by atoms with E-state index in [2.05, 4.69) is 36.0 Å². The largest absolute Gasteiger partial charge is 0.396 e. The van der Waals surface area contributed by atoms with E-state index in [1.165, 1.54) is 19.3 Å². The van der Waals surface area contributed by atoms with Crippen molar-refractivity contribution in [2.75, 3.05) is 29.9 Å². The fourth-order valence-corrected chi connectivity index (χ4v) is 2.55. The third kappa shape index (κ3) is 4.06. The van der Waals surface area contributed by atoms with Gasteiger partial charge in [-0.3, -0.25) is 0 Å². The summed E-state index contributed by atoms with van der Waals surface area (Å²) in [7, 11) is 0. The van der Waals surface area contributed by atoms with Gasteiger partial charge in [-0.25, -0.2) is 9.97 Å². The summed E-state index contributed by atoms with van der Waals surface area (Å²) in [5.41, 5.74) is 0. The maximum absolute atomic E-state index is 9.14. The molecule has 0 atom stereocenters. The minimum atomic E-state index is 0.228. The van der Waals surface area contributed by atoms with Crippen molar-refractivity contribution in [2.24, 2.45) is 0 Å². The van der Waals surface area contributed by atoms with Crippen LogP contribution in [-0.2, 0) is 0 Å². The highest BCUT2D eigenvalue weighted by molar-refractivity contribution is 5.50. The molecule has 0 aliphatic heterocycles. The Kier molecular flexibility index (Phi) is 5.79. The molecule has 0 bridgehead atoms. The van der Waals surface area contributed by atoms with Crippen molar-refractivity contribution in [3.8, 4) is 0 Å². The lowest BCUT2D eigenvalue weighted by molar-refractivity contribution is 0.282. The van der Waals surface area contributed by atoms with Crippen molar-refractivity contribution >= 4 is 11.6 Å². The number of hydrogen-bond acceptors (Lipinski definition) is 5. The van der Waals surface area contributed by atoms with Crippen molar-refractivity contribution in [1.29, 1.82) is 0 Å². The topological polar surface area (TPSA) is 61.3 Å². The molecule has 1 aliphatic carbocycles. The Hall–Kier alpha value is -1.36. The molecule has 5 heteroatoms. The first-order chi connectivity index (χ1) is 10.2. The summed E-state index contributed by atoms with van der Waals surface area (Å²) in [4.78, 5) is 11.7. The summed E-state index contributed by atoms with van der Waals surface area (Å²) in [6.45, 7) is 8.26. The molecule has 1 aromatic rings. The second-order valence-electron chi connectivity index (χ2n) is 6.01. The van der Waals surface area contributed by atoms with Crippen LogP contribution in [0.1, 0.15) is 58.2 Å². The average Bonchev–Trinajstić information content (AvgIpc) is 2.41. The summed E-state index contributed by atoms with van der Waals surface area (Å²) in [6.07, 6.45) is 4.53. The Bertz CT molecular complexity index is 446. The van der Waals surface area contributed by atoms with Crippen LogP contribution >= 0.6 is 0 Å². The van der Waals surface area contributed by atoms with Crippen LogP contribution in [0.4, 0.5) is 11.6 Å². The molecule has 0 amide bonds. The van der Waals surface area contributed by atoms with Crippen LogP contribution in [0.5, 0.6) is 0 Å². The third-order valence-electron chi connectivity index (χ3n) is 3.97. The Labute approximate surface area is 127 Å². The van der Waals surface area contributed by atoms with E-state index >= 15 is 0 Å². The number of rotatable bonds is 8. The predicted molar refractivity (Wildman–Crippen MR) is 87.0 cm³/mol. The quantitative estimate of drug-likeness (QED) is 0.771. The van der Waals surface area contributed by atoms with Crippen molar-refractivity contribution in [3.05, 3.63) is 11.9 Å². The first-order valence-electron chi connectivity index (χ1n) is 8.16. The highest BCUT2D eigenvalue weighted by Crippen LogP contribution is 2.30. The zero-order chi connectivity index (χ0) is 15.2. The molecule has 2 rings (SSSR count). The predicted octanol–water partition coefficient (Wildman–Crippen LogP) is 2.77. The van der Waals surface area contributed by atoms with Crippen LogP contribution in [0.3, 0.4) is 0 Å². The lowest BCUT2D eigenvalue weighted by Crippen LogP contribution is -2.41. The fraction of sp³-hybridized carbons (Fsp3) is 0.750. The molecule has 1 saturated carbocycles. The van der Waals surface area contributed by atoms with E-state index in [-0.39, 0.29) is 6.61 Å². The van der Waals surface area contributed by atoms with Gasteiger partial charge in [-0.1, -0.05) is 13.8 Å². The van der Waals surface area contributed by atoms with Gasteiger partial charge in [-0.15, -0.1) is 0 Å². The number of aromatic nitrogens is 2. The summed E-state index contributed by atoms with van der Waals surface area (Å²) in [6, 6.07) is 2.62. The zero-order valence-electron chi connectivity index (χ0n) is 13.5. The third-order valence-corrected chi connectivity index (χ3v) is 3.97. The monoisotopic (exact) mass is 292 g/mol. The van der Waals surface area contributed by atoms with Crippen LogP contribution in [0.2, 0.25) is 0 Å². The van der Waals surface area contributed by atoms with Crippen LogP contribution in [0.15, 0.2) is 6.07 Å². The highest BCUT2D eigenvalue weighted by atomic mass is 16.3. The molecule has 0 radical (unpaired) electrons. The van der Waals surface area contributed by atoms with E-state index in [1.54, 1.807) is 0 Å². The van der Waals surface area contributed by atoms with Crippen molar-refractivity contribution in [3.63, 3.8) is 0 Å². The molecule has 1 fully saturated rings. The Balaban J connectivity index is 2.28. The molecule has 0 saturated heterocycles. The van der Waals surface area contributed by atoms with Crippen LogP contribution in [0.25, 0.3) is 0 Å². The Morgan fingerprint density at radius 2 is 2.14 bits per heavy atom. The lowest BCUT2D eigenvalue weighted by atomic mass is 9.91. The van der Waals surface area contributed by atoms with Gasteiger partial charge >= 0.3 is 0 Å². The van der Waals surface area contributed by atoms with Gasteiger partial charge in [0.1, 0.15) is 17.5 Å². The number of aliphatic hydroxyl groups excluding tert-OH is 1. The Morgan fingerprint density at radius 1 is 1.38 bits per heavy atom. The number of aliphatic hydroxyl groups is 1. The van der Waals surface area contributed by atoms with E-state index in [1.807, 2.05) is 6.07 Å². The Morgan fingerprint density at radius 3 is 2.67 bits per heavy atom. The van der Waals surface area contributed by atoms with Crippen molar-refractivity contribution in [2.45, 2.75) is 58.4 Å². The van der Waals surface area contributed by atoms with Gasteiger partial charge in [0.15, 0.2) is 0 Å². The van der Waals surface area contributed by atoms with Gasteiger partial charge in [-0.05, 0) is 32.6 Å². The van der Waals surface area contributed by atoms with Crippen LogP contribution in [0, 0.1) is 0 Å². The van der Waals surface area contributed by atoms with Crippen molar-refractivity contribution in [1.82, 2.24) is 9.97 Å². The number of nitrogens with one attached hydrogen (secondary N) is 1. The molecule has 1 aliphatic rings. The molecule has 0 aromatic carbocycles.